The van der Waals surface area contributed by atoms with Crippen molar-refractivity contribution in [2.24, 2.45) is 0 Å². The van der Waals surface area contributed by atoms with Gasteiger partial charge >= 0.3 is 0 Å². The summed E-state index contributed by atoms with van der Waals surface area (Å²) in [7, 11) is 0. The molecule has 3 N–H and O–H groups in total. The smallest absolute Gasteiger partial charge is 0.227 e. The average Bonchev–Trinajstić information content (AvgIpc) is 2.42. The summed E-state index contributed by atoms with van der Waals surface area (Å²) in [6.45, 7) is 9.76. The summed E-state index contributed by atoms with van der Waals surface area (Å²) < 4.78 is 0. The van der Waals surface area contributed by atoms with Gasteiger partial charge in [-0.1, -0.05) is 26.0 Å². The predicted molar refractivity (Wildman–Crippen MR) is 80.1 cm³/mol. The van der Waals surface area contributed by atoms with Crippen molar-refractivity contribution in [1.82, 2.24) is 10.2 Å². The molecule has 19 heavy (non-hydrogen) atoms. The van der Waals surface area contributed by atoms with Gasteiger partial charge in [0.15, 0.2) is 0 Å². The zero-order valence-electron chi connectivity index (χ0n) is 12.1. The van der Waals surface area contributed by atoms with Crippen molar-refractivity contribution in [1.29, 1.82) is 0 Å². The van der Waals surface area contributed by atoms with Gasteiger partial charge in [-0.2, -0.15) is 0 Å². The SMILES string of the molecule is CCN(CC)CCNC(=O)C(C)c1cccc(N)c1. The number of rotatable bonds is 7. The molecule has 0 radical (unpaired) electrons. The van der Waals surface area contributed by atoms with Crippen LogP contribution in [0.15, 0.2) is 24.3 Å². The Bertz CT molecular complexity index is 402. The second-order valence-corrected chi connectivity index (χ2v) is 4.71. The summed E-state index contributed by atoms with van der Waals surface area (Å²) in [6, 6.07) is 7.50. The maximum Gasteiger partial charge on any atom is 0.227 e. The van der Waals surface area contributed by atoms with Crippen LogP contribution in [0, 0.1) is 0 Å². The summed E-state index contributed by atoms with van der Waals surface area (Å²) in [6.07, 6.45) is 0. The molecule has 4 heteroatoms. The summed E-state index contributed by atoms with van der Waals surface area (Å²) in [5.74, 6) is -0.113. The van der Waals surface area contributed by atoms with Gasteiger partial charge in [0, 0.05) is 18.8 Å². The molecule has 1 rings (SSSR count). The predicted octanol–water partition coefficient (Wildman–Crippen LogP) is 1.83. The number of nitrogens with two attached hydrogens (primary N) is 1. The molecule has 1 aromatic rings. The first-order valence-electron chi connectivity index (χ1n) is 6.94. The summed E-state index contributed by atoms with van der Waals surface area (Å²) in [4.78, 5) is 14.3. The number of likely N-dealkylation sites (N-methyl/N-ethyl adjacent to an activating group) is 1. The third-order valence-electron chi connectivity index (χ3n) is 3.43. The van der Waals surface area contributed by atoms with Crippen LogP contribution >= 0.6 is 0 Å². The lowest BCUT2D eigenvalue weighted by Crippen LogP contribution is -2.36. The highest BCUT2D eigenvalue weighted by Crippen LogP contribution is 2.17. The molecule has 0 saturated carbocycles. The van der Waals surface area contributed by atoms with Crippen LogP contribution < -0.4 is 11.1 Å². The van der Waals surface area contributed by atoms with E-state index in [2.05, 4.69) is 24.1 Å². The van der Waals surface area contributed by atoms with Crippen LogP contribution in [0.5, 0.6) is 0 Å². The van der Waals surface area contributed by atoms with Gasteiger partial charge in [0.25, 0.3) is 0 Å². The number of amides is 1. The molecule has 0 aliphatic carbocycles. The lowest BCUT2D eigenvalue weighted by Gasteiger charge is -2.19. The molecule has 0 aromatic heterocycles. The van der Waals surface area contributed by atoms with E-state index in [1.807, 2.05) is 31.2 Å². The topological polar surface area (TPSA) is 58.4 Å². The van der Waals surface area contributed by atoms with Crippen molar-refractivity contribution in [3.8, 4) is 0 Å². The van der Waals surface area contributed by atoms with Crippen LogP contribution in [0.3, 0.4) is 0 Å². The highest BCUT2D eigenvalue weighted by Gasteiger charge is 2.14. The molecule has 0 spiro atoms. The Morgan fingerprint density at radius 1 is 1.37 bits per heavy atom. The number of hydrogen-bond donors (Lipinski definition) is 2. The van der Waals surface area contributed by atoms with Crippen molar-refractivity contribution < 1.29 is 4.79 Å². The first-order valence-corrected chi connectivity index (χ1v) is 6.94. The monoisotopic (exact) mass is 263 g/mol. The largest absolute Gasteiger partial charge is 0.399 e. The molecular formula is C15H25N3O. The van der Waals surface area contributed by atoms with E-state index in [1.54, 1.807) is 0 Å². The first kappa shape index (κ1) is 15.5. The Labute approximate surface area is 116 Å². The van der Waals surface area contributed by atoms with Gasteiger partial charge in [-0.25, -0.2) is 0 Å². The quantitative estimate of drug-likeness (QED) is 0.738. The van der Waals surface area contributed by atoms with Gasteiger partial charge in [-0.05, 0) is 37.7 Å². The molecule has 0 aliphatic heterocycles. The standard InChI is InChI=1S/C15H25N3O/c1-4-18(5-2)10-9-17-15(19)12(3)13-7-6-8-14(16)11-13/h6-8,11-12H,4-5,9-10,16H2,1-3H3,(H,17,19). The number of nitrogen functional groups attached to an aromatic ring is 1. The molecule has 0 fully saturated rings. The van der Waals surface area contributed by atoms with Crippen molar-refractivity contribution in [3.63, 3.8) is 0 Å². The van der Waals surface area contributed by atoms with Gasteiger partial charge in [-0.3, -0.25) is 4.79 Å². The molecule has 0 bridgehead atoms. The normalized spacial score (nSPS) is 12.4. The Balaban J connectivity index is 2.45. The summed E-state index contributed by atoms with van der Waals surface area (Å²) >= 11 is 0. The van der Waals surface area contributed by atoms with Crippen LogP contribution in [0.1, 0.15) is 32.3 Å². The minimum Gasteiger partial charge on any atom is -0.399 e. The number of carbonyl (C=O) groups excluding carboxylic acids is 1. The molecule has 1 amide bonds. The van der Waals surface area contributed by atoms with Crippen molar-refractivity contribution in [3.05, 3.63) is 29.8 Å². The molecule has 1 aromatic carbocycles. The van der Waals surface area contributed by atoms with Gasteiger partial charge in [0.05, 0.1) is 5.92 Å². The number of anilines is 1. The van der Waals surface area contributed by atoms with E-state index in [0.29, 0.717) is 12.2 Å². The Kier molecular flexibility index (Phi) is 6.36. The number of benzene rings is 1. The Hall–Kier alpha value is -1.55. The number of nitrogens with zero attached hydrogens (tertiary/aromatic N) is 1. The van der Waals surface area contributed by atoms with E-state index in [1.165, 1.54) is 0 Å². The lowest BCUT2D eigenvalue weighted by molar-refractivity contribution is -0.122. The van der Waals surface area contributed by atoms with Crippen LogP contribution in [-0.2, 0) is 4.79 Å². The van der Waals surface area contributed by atoms with Crippen molar-refractivity contribution >= 4 is 11.6 Å². The third-order valence-corrected chi connectivity index (χ3v) is 3.43. The van der Waals surface area contributed by atoms with E-state index in [4.69, 9.17) is 5.73 Å². The average molecular weight is 263 g/mol. The first-order chi connectivity index (χ1) is 9.08. The van der Waals surface area contributed by atoms with Crippen LogP contribution in [0.2, 0.25) is 0 Å². The van der Waals surface area contributed by atoms with Gasteiger partial charge in [-0.15, -0.1) is 0 Å². The summed E-state index contributed by atoms with van der Waals surface area (Å²) in [5.41, 5.74) is 7.39. The van der Waals surface area contributed by atoms with E-state index < -0.39 is 0 Å². The number of hydrogen-bond acceptors (Lipinski definition) is 3. The van der Waals surface area contributed by atoms with Crippen LogP contribution in [-0.4, -0.2) is 37.0 Å². The second-order valence-electron chi connectivity index (χ2n) is 4.71. The van der Waals surface area contributed by atoms with E-state index in [0.717, 1.165) is 25.2 Å². The minimum absolute atomic E-state index is 0.0535. The van der Waals surface area contributed by atoms with Crippen LogP contribution in [0.25, 0.3) is 0 Å². The molecular weight excluding hydrogens is 238 g/mol. The molecule has 1 unspecified atom stereocenters. The molecule has 0 heterocycles. The fourth-order valence-corrected chi connectivity index (χ4v) is 2.01. The molecule has 0 aliphatic rings. The van der Waals surface area contributed by atoms with Crippen molar-refractivity contribution in [2.75, 3.05) is 31.9 Å². The number of nitrogens with one attached hydrogen (secondary N) is 1. The maximum atomic E-state index is 12.0. The van der Waals surface area contributed by atoms with Crippen LogP contribution in [0.4, 0.5) is 5.69 Å². The second kappa shape index (κ2) is 7.79. The third kappa shape index (κ3) is 4.91. The fourth-order valence-electron chi connectivity index (χ4n) is 2.01. The molecule has 0 saturated heterocycles. The van der Waals surface area contributed by atoms with Gasteiger partial charge in [0.2, 0.25) is 5.91 Å². The molecule has 4 nitrogen and oxygen atoms in total. The van der Waals surface area contributed by atoms with Crippen molar-refractivity contribution in [2.45, 2.75) is 26.7 Å². The molecule has 1 atom stereocenters. The van der Waals surface area contributed by atoms with E-state index >= 15 is 0 Å². The minimum atomic E-state index is -0.166. The summed E-state index contributed by atoms with van der Waals surface area (Å²) in [5, 5.41) is 2.98. The fraction of sp³-hybridized carbons (Fsp3) is 0.533. The maximum absolute atomic E-state index is 12.0. The Morgan fingerprint density at radius 3 is 2.63 bits per heavy atom. The molecule has 106 valence electrons. The Morgan fingerprint density at radius 2 is 2.05 bits per heavy atom. The van der Waals surface area contributed by atoms with E-state index in [9.17, 15) is 4.79 Å². The zero-order valence-corrected chi connectivity index (χ0v) is 12.1. The number of carbonyl (C=O) groups is 1. The van der Waals surface area contributed by atoms with Gasteiger partial charge in [0.1, 0.15) is 0 Å². The van der Waals surface area contributed by atoms with Gasteiger partial charge < -0.3 is 16.0 Å². The van der Waals surface area contributed by atoms with E-state index in [-0.39, 0.29) is 11.8 Å². The highest BCUT2D eigenvalue weighted by atomic mass is 16.1. The highest BCUT2D eigenvalue weighted by molar-refractivity contribution is 5.83. The zero-order chi connectivity index (χ0) is 14.3. The lowest BCUT2D eigenvalue weighted by atomic mass is 10.00.